The molecule has 4 heterocycles. The number of amides is 13. The molecule has 32 nitrogen and oxygen atoms in total. The number of aromatic nitrogens is 2. The molecule has 3 aliphatic rings. The van der Waals surface area contributed by atoms with Crippen LogP contribution in [-0.4, -0.2) is 216 Å². The molecule has 0 saturated carbocycles. The number of carboxylic acids is 1. The zero-order valence-electron chi connectivity index (χ0n) is 65.6. The van der Waals surface area contributed by atoms with Gasteiger partial charge >= 0.3 is 5.97 Å². The molecule has 1 aromatic heterocycles. The van der Waals surface area contributed by atoms with Crippen LogP contribution in [0.25, 0.3) is 0 Å². The minimum absolute atomic E-state index is 0.000266. The molecule has 0 unspecified atom stereocenters. The number of nitrogens with zero attached hydrogens (tertiary/aromatic N) is 4. The number of rotatable bonds is 40. The van der Waals surface area contributed by atoms with Crippen LogP contribution in [0.3, 0.4) is 0 Å². The molecule has 0 radical (unpaired) electrons. The van der Waals surface area contributed by atoms with Crippen LogP contribution in [0.2, 0.25) is 0 Å². The molecule has 0 spiro atoms. The highest BCUT2D eigenvalue weighted by Gasteiger charge is 2.46. The number of carbonyl (C=O) groups is 14. The molecule has 32 heteroatoms. The number of aromatic hydroxyl groups is 1. The summed E-state index contributed by atoms with van der Waals surface area (Å²) in [6, 6.07) is 24.3. The van der Waals surface area contributed by atoms with Crippen LogP contribution in [0, 0.1) is 11.8 Å². The summed E-state index contributed by atoms with van der Waals surface area (Å²) in [5.41, 5.74) is 14.5. The largest absolute Gasteiger partial charge is 0.508 e. The van der Waals surface area contributed by atoms with Crippen molar-refractivity contribution in [2.45, 2.75) is 197 Å². The van der Waals surface area contributed by atoms with Crippen molar-refractivity contribution in [1.29, 1.82) is 0 Å². The Balaban J connectivity index is 0.960. The fourth-order valence-corrected chi connectivity index (χ4v) is 14.8. The van der Waals surface area contributed by atoms with Crippen molar-refractivity contribution >= 4 is 82.8 Å². The van der Waals surface area contributed by atoms with E-state index in [9.17, 15) is 43.8 Å². The Hall–Kier alpha value is -12.3. The SMILES string of the molecule is CC(C)C[C@H](NC(=O)[C@H](Cc1ccccc1)NC(=O)[C@H](CCC(N)=O)NC(=O)[C@H](Cc1ccc(O)cc1)NC(=O)[C@H](Cc1ccccc1)NC(=O)[C@H](Cc1cnc[nH]1)NC(=O)[C@H](Cc1ccccc1)NC(=O)[C@@H]1CCCN1C(=O)CN)C(=O)N[C@@H](Cc1ccccc1)C(=O)N1CCC[C@H]1C(=O)N1CCC[C@H]1C(=O)N[C@H](C(=O)O)C(C)C. The summed E-state index contributed by atoms with van der Waals surface area (Å²) < 4.78 is 0. The van der Waals surface area contributed by atoms with Crippen LogP contribution >= 0.6 is 0 Å². The standard InChI is InChI=1S/C84H106N16O16/c1-50(2)40-60(74(105)96-66(45-55-26-15-8-16-27-55)82(113)100-39-19-30-69(100)83(114)99-38-18-29-68(99)81(112)97-72(51(3)4)84(115)116)90-76(107)61(41-52-20-9-5-10-21-52)91-73(104)59(35-36-70(86)102)89-75(106)63(44-56-31-33-58(101)34-32-56)92-77(108)62(42-53-22-11-6-12-23-53)93-79(110)65(46-57-48-87-49-88-57)94-78(109)64(43-54-24-13-7-14-25-54)95-80(111)67-28-17-37-98(67)71(103)47-85/h5-16,20-27,31-34,48-51,59-69,72,101H,17-19,28-30,35-47,85H2,1-4H3,(H2,86,102)(H,87,88)(H,89,106)(H,90,107)(H,91,104)(H,92,108)(H,93,110)(H,94,109)(H,95,111)(H,96,105)(H,97,112)(H,115,116)/t59-,60-,61-,62-,63-,64-,65-,66-,67-,68-,69-,72-/m0/s1. The minimum Gasteiger partial charge on any atom is -0.508 e. The van der Waals surface area contributed by atoms with E-state index in [1.54, 1.807) is 149 Å². The van der Waals surface area contributed by atoms with Crippen LogP contribution in [0.15, 0.2) is 158 Å². The van der Waals surface area contributed by atoms with Crippen LogP contribution in [0.1, 0.15) is 119 Å². The maximum Gasteiger partial charge on any atom is 0.326 e. The van der Waals surface area contributed by atoms with E-state index in [0.717, 1.165) is 0 Å². The predicted octanol–water partition coefficient (Wildman–Crippen LogP) is 1.22. The molecule has 3 aliphatic heterocycles. The number of hydrogen-bond donors (Lipinski definition) is 14. The van der Waals surface area contributed by atoms with E-state index in [1.807, 2.05) is 0 Å². The first-order valence-corrected chi connectivity index (χ1v) is 39.4. The fourth-order valence-electron chi connectivity index (χ4n) is 14.8. The first-order valence-electron chi connectivity index (χ1n) is 39.4. The molecular formula is C84H106N16O16. The van der Waals surface area contributed by atoms with Crippen molar-refractivity contribution in [2.75, 3.05) is 26.2 Å². The molecule has 6 aromatic rings. The molecule has 3 saturated heterocycles. The number of carboxylic acid groups (broad SMARTS) is 1. The van der Waals surface area contributed by atoms with Gasteiger partial charge in [0.2, 0.25) is 76.8 Å². The lowest BCUT2D eigenvalue weighted by molar-refractivity contribution is -0.149. The Kier molecular flexibility index (Phi) is 32.2. The lowest BCUT2D eigenvalue weighted by Crippen LogP contribution is -2.61. The Labute approximate surface area is 672 Å². The Bertz CT molecular complexity index is 4370. The van der Waals surface area contributed by atoms with Crippen molar-refractivity contribution in [3.05, 3.63) is 192 Å². The van der Waals surface area contributed by atoms with Gasteiger partial charge < -0.3 is 89.2 Å². The third kappa shape index (κ3) is 25.3. The molecule has 116 heavy (non-hydrogen) atoms. The van der Waals surface area contributed by atoms with Gasteiger partial charge in [0.05, 0.1) is 12.9 Å². The molecule has 9 rings (SSSR count). The van der Waals surface area contributed by atoms with Crippen molar-refractivity contribution in [3.63, 3.8) is 0 Å². The van der Waals surface area contributed by atoms with Gasteiger partial charge in [0, 0.05) is 76.5 Å². The number of nitrogens with two attached hydrogens (primary N) is 2. The Morgan fingerprint density at radius 1 is 0.448 bits per heavy atom. The zero-order chi connectivity index (χ0) is 83.5. The molecule has 0 aliphatic carbocycles. The van der Waals surface area contributed by atoms with E-state index in [1.165, 1.54) is 51.5 Å². The van der Waals surface area contributed by atoms with E-state index in [-0.39, 0.29) is 95.6 Å². The van der Waals surface area contributed by atoms with Gasteiger partial charge in [0.25, 0.3) is 0 Å². The zero-order valence-corrected chi connectivity index (χ0v) is 65.6. The molecule has 16 N–H and O–H groups in total. The maximum absolute atomic E-state index is 15.3. The minimum atomic E-state index is -1.68. The van der Waals surface area contributed by atoms with Crippen molar-refractivity contribution in [2.24, 2.45) is 23.3 Å². The summed E-state index contributed by atoms with van der Waals surface area (Å²) in [6.07, 6.45) is 2.99. The molecule has 12 atom stereocenters. The van der Waals surface area contributed by atoms with Gasteiger partial charge in [-0.1, -0.05) is 161 Å². The number of aromatic amines is 1. The van der Waals surface area contributed by atoms with Gasteiger partial charge in [0.1, 0.15) is 78.3 Å². The number of phenolic OH excluding ortho intramolecular Hbond substituents is 1. The van der Waals surface area contributed by atoms with Gasteiger partial charge in [-0.25, -0.2) is 9.78 Å². The van der Waals surface area contributed by atoms with Crippen molar-refractivity contribution in [3.8, 4) is 5.75 Å². The van der Waals surface area contributed by atoms with Crippen molar-refractivity contribution < 1.29 is 77.3 Å². The third-order valence-corrected chi connectivity index (χ3v) is 20.9. The average Bonchev–Trinajstić information content (AvgIpc) is 1.63. The van der Waals surface area contributed by atoms with E-state index in [2.05, 4.69) is 57.8 Å². The number of primary amides is 1. The lowest BCUT2D eigenvalue weighted by atomic mass is 9.99. The van der Waals surface area contributed by atoms with Gasteiger partial charge in [-0.3, -0.25) is 62.3 Å². The summed E-state index contributed by atoms with van der Waals surface area (Å²) in [6.45, 7) is 7.17. The molecule has 3 fully saturated rings. The number of aliphatic carboxylic acids is 1. The van der Waals surface area contributed by atoms with Crippen molar-refractivity contribution in [1.82, 2.24) is 72.5 Å². The highest BCUT2D eigenvalue weighted by Crippen LogP contribution is 2.28. The molecule has 13 amide bonds. The highest BCUT2D eigenvalue weighted by atomic mass is 16.4. The molecule has 0 bridgehead atoms. The Morgan fingerprint density at radius 3 is 1.25 bits per heavy atom. The number of H-pyrrole nitrogens is 1. The topological polar surface area (TPSA) is 478 Å². The van der Waals surface area contributed by atoms with Crippen LogP contribution in [0.4, 0.5) is 0 Å². The van der Waals surface area contributed by atoms with E-state index >= 15 is 33.6 Å². The number of benzene rings is 5. The number of hydrogen-bond acceptors (Lipinski definition) is 17. The molecular weight excluding hydrogens is 1490 g/mol. The van der Waals surface area contributed by atoms with Gasteiger partial charge in [-0.05, 0) is 103 Å². The highest BCUT2D eigenvalue weighted by molar-refractivity contribution is 6.00. The second kappa shape index (κ2) is 42.7. The number of likely N-dealkylation sites (tertiary alicyclic amines) is 3. The van der Waals surface area contributed by atoms with Gasteiger partial charge in [0.15, 0.2) is 0 Å². The lowest BCUT2D eigenvalue weighted by Gasteiger charge is -2.34. The predicted molar refractivity (Wildman–Crippen MR) is 426 cm³/mol. The summed E-state index contributed by atoms with van der Waals surface area (Å²) in [5, 5.41) is 45.1. The Morgan fingerprint density at radius 2 is 0.819 bits per heavy atom. The van der Waals surface area contributed by atoms with Crippen LogP contribution in [0.5, 0.6) is 5.75 Å². The number of phenols is 1. The normalized spacial score (nSPS) is 17.5. The number of carbonyl (C=O) groups excluding carboxylic acids is 13. The summed E-state index contributed by atoms with van der Waals surface area (Å²) in [4.78, 5) is 212. The smallest absolute Gasteiger partial charge is 0.326 e. The van der Waals surface area contributed by atoms with Crippen LogP contribution in [-0.2, 0) is 106 Å². The summed E-state index contributed by atoms with van der Waals surface area (Å²) in [7, 11) is 0. The average molecular weight is 1600 g/mol. The van der Waals surface area contributed by atoms with E-state index in [4.69, 9.17) is 11.5 Å². The van der Waals surface area contributed by atoms with E-state index in [0.29, 0.717) is 59.2 Å². The quantitative estimate of drug-likeness (QED) is 0.0257. The first kappa shape index (κ1) is 87.6. The van der Waals surface area contributed by atoms with Gasteiger partial charge in [-0.2, -0.15) is 0 Å². The molecule has 5 aromatic carbocycles. The second-order valence-electron chi connectivity index (χ2n) is 30.4. The third-order valence-electron chi connectivity index (χ3n) is 20.9. The van der Waals surface area contributed by atoms with Gasteiger partial charge in [-0.15, -0.1) is 0 Å². The first-order chi connectivity index (χ1) is 55.6. The summed E-state index contributed by atoms with van der Waals surface area (Å²) in [5.74, 6) is -12.1. The van der Waals surface area contributed by atoms with E-state index < -0.39 is 174 Å². The molecule has 618 valence electrons. The van der Waals surface area contributed by atoms with Crippen LogP contribution < -0.4 is 59.3 Å². The number of imidazole rings is 1. The maximum atomic E-state index is 15.3. The number of nitrogens with one attached hydrogen (secondary N) is 10. The second-order valence-corrected chi connectivity index (χ2v) is 30.4. The summed E-state index contributed by atoms with van der Waals surface area (Å²) >= 11 is 0. The monoisotopic (exact) mass is 1590 g/mol. The fraction of sp³-hybridized carbons (Fsp3) is 0.440.